The molecule has 1 radical (unpaired) electrons. The van der Waals surface area contributed by atoms with Crippen LogP contribution in [0.4, 0.5) is 0 Å². The Morgan fingerprint density at radius 2 is 2.25 bits per heavy atom. The lowest BCUT2D eigenvalue weighted by Gasteiger charge is -2.06. The van der Waals surface area contributed by atoms with Crippen molar-refractivity contribution in [2.75, 3.05) is 0 Å². The molecule has 0 spiro atoms. The molecular weight excluding hydrogens is 140 g/mol. The molecule has 0 aromatic rings. The largest absolute Gasteiger partial charge is 0.337 e. The summed E-state index contributed by atoms with van der Waals surface area (Å²) >= 11 is 9.37. The van der Waals surface area contributed by atoms with Gasteiger partial charge in [-0.05, 0) is 18.3 Å². The number of hydrogen-bond donors (Lipinski definition) is 1. The van der Waals surface area contributed by atoms with Gasteiger partial charge in [-0.3, -0.25) is 0 Å². The zero-order valence-electron chi connectivity index (χ0n) is 3.92. The second-order valence-electron chi connectivity index (χ2n) is 1.23. The maximum absolute atomic E-state index is 4.70. The van der Waals surface area contributed by atoms with Gasteiger partial charge < -0.3 is 5.32 Å². The van der Waals surface area contributed by atoms with Crippen LogP contribution >= 0.6 is 24.4 Å². The molecule has 0 fully saturated rings. The molecule has 0 atom stereocenters. The molecular formula is C4H3N2S2. The minimum Gasteiger partial charge on any atom is -0.337 e. The van der Waals surface area contributed by atoms with E-state index in [1.165, 1.54) is 0 Å². The predicted octanol–water partition coefficient (Wildman–Crippen LogP) is 0.320. The van der Waals surface area contributed by atoms with Gasteiger partial charge in [0, 0.05) is 6.20 Å². The van der Waals surface area contributed by atoms with Crippen molar-refractivity contribution in [3.63, 3.8) is 0 Å². The molecule has 0 aromatic heterocycles. The van der Waals surface area contributed by atoms with Gasteiger partial charge in [-0.1, -0.05) is 12.2 Å². The zero-order valence-corrected chi connectivity index (χ0v) is 5.55. The molecule has 41 valence electrons. The first-order chi connectivity index (χ1) is 3.79. The van der Waals surface area contributed by atoms with E-state index < -0.39 is 0 Å². The molecule has 0 saturated heterocycles. The molecule has 4 heteroatoms. The summed E-state index contributed by atoms with van der Waals surface area (Å²) < 4.78 is 0. The molecule has 1 aliphatic heterocycles. The van der Waals surface area contributed by atoms with Crippen LogP contribution in [0, 0.1) is 0 Å². The molecule has 1 rings (SSSR count). The van der Waals surface area contributed by atoms with Gasteiger partial charge in [0.1, 0.15) is 4.99 Å². The van der Waals surface area contributed by atoms with Gasteiger partial charge in [-0.2, -0.15) is 0 Å². The second kappa shape index (κ2) is 2.19. The highest BCUT2D eigenvalue weighted by Crippen LogP contribution is 1.84. The van der Waals surface area contributed by atoms with Crippen LogP contribution in [-0.4, -0.2) is 10.1 Å². The van der Waals surface area contributed by atoms with Crippen molar-refractivity contribution < 1.29 is 0 Å². The van der Waals surface area contributed by atoms with E-state index in [1.54, 1.807) is 12.3 Å². The molecule has 0 bridgehead atoms. The van der Waals surface area contributed by atoms with Crippen molar-refractivity contribution in [1.29, 1.82) is 0 Å². The summed E-state index contributed by atoms with van der Waals surface area (Å²) in [6.07, 6.45) is 3.36. The third-order valence-corrected chi connectivity index (χ3v) is 1.08. The van der Waals surface area contributed by atoms with E-state index in [-0.39, 0.29) is 0 Å². The summed E-state index contributed by atoms with van der Waals surface area (Å²) in [5.74, 6) is 0. The lowest BCUT2D eigenvalue weighted by molar-refractivity contribution is 1.18. The monoisotopic (exact) mass is 143 g/mol. The van der Waals surface area contributed by atoms with Crippen molar-refractivity contribution in [2.45, 2.75) is 0 Å². The third kappa shape index (κ3) is 1.24. The maximum atomic E-state index is 4.70. The molecule has 1 heterocycles. The first-order valence-electron chi connectivity index (χ1n) is 2.02. The Balaban J connectivity index is 2.68. The SMILES string of the molecule is S=C1C=CNC(=S)[N]1. The fraction of sp³-hybridized carbons (Fsp3) is 0. The molecule has 0 amide bonds. The van der Waals surface area contributed by atoms with Crippen molar-refractivity contribution >= 4 is 34.5 Å². The molecule has 0 unspecified atom stereocenters. The zero-order chi connectivity index (χ0) is 5.98. The standard InChI is InChI=1S/C4H3N2S2/c7-3-1-2-5-4(8)6-3/h1-2H,(H,5,8). The Morgan fingerprint density at radius 1 is 1.50 bits per heavy atom. The molecule has 8 heavy (non-hydrogen) atoms. The van der Waals surface area contributed by atoms with Gasteiger partial charge >= 0.3 is 0 Å². The fourth-order valence-corrected chi connectivity index (χ4v) is 0.737. The van der Waals surface area contributed by atoms with E-state index in [0.29, 0.717) is 10.1 Å². The quantitative estimate of drug-likeness (QED) is 0.495. The fourth-order valence-electron chi connectivity index (χ4n) is 0.354. The van der Waals surface area contributed by atoms with Gasteiger partial charge in [0.25, 0.3) is 0 Å². The Bertz CT molecular complexity index is 161. The van der Waals surface area contributed by atoms with Gasteiger partial charge in [0.15, 0.2) is 5.11 Å². The average Bonchev–Trinajstić information content (AvgIpc) is 1.64. The van der Waals surface area contributed by atoms with Crippen LogP contribution in [0.15, 0.2) is 12.3 Å². The van der Waals surface area contributed by atoms with E-state index in [0.717, 1.165) is 0 Å². The lowest BCUT2D eigenvalue weighted by Crippen LogP contribution is -2.32. The summed E-state index contributed by atoms with van der Waals surface area (Å²) in [6.45, 7) is 0. The number of thiocarbonyl (C=S) groups is 2. The van der Waals surface area contributed by atoms with Gasteiger partial charge in [-0.15, -0.1) is 0 Å². The van der Waals surface area contributed by atoms with E-state index in [2.05, 4.69) is 22.9 Å². The summed E-state index contributed by atoms with van der Waals surface area (Å²) in [5, 5.41) is 6.90. The average molecular weight is 143 g/mol. The molecule has 1 N–H and O–H groups in total. The number of rotatable bonds is 0. The normalized spacial score (nSPS) is 17.5. The number of hydrogen-bond acceptors (Lipinski definition) is 2. The highest BCUT2D eigenvalue weighted by Gasteiger charge is 2.01. The Hall–Kier alpha value is -0.480. The highest BCUT2D eigenvalue weighted by molar-refractivity contribution is 7.82. The minimum atomic E-state index is 0.442. The Labute approximate surface area is 58.0 Å². The third-order valence-electron chi connectivity index (χ3n) is 0.644. The van der Waals surface area contributed by atoms with E-state index >= 15 is 0 Å². The van der Waals surface area contributed by atoms with Crippen LogP contribution in [-0.2, 0) is 0 Å². The smallest absolute Gasteiger partial charge is 0.198 e. The van der Waals surface area contributed by atoms with Crippen molar-refractivity contribution in [2.24, 2.45) is 0 Å². The van der Waals surface area contributed by atoms with Crippen LogP contribution in [0.5, 0.6) is 0 Å². The summed E-state index contributed by atoms with van der Waals surface area (Å²) in [7, 11) is 0. The van der Waals surface area contributed by atoms with Crippen molar-refractivity contribution in [3.8, 4) is 0 Å². The van der Waals surface area contributed by atoms with E-state index in [4.69, 9.17) is 12.2 Å². The molecule has 2 nitrogen and oxygen atoms in total. The predicted molar refractivity (Wildman–Crippen MR) is 39.6 cm³/mol. The van der Waals surface area contributed by atoms with Gasteiger partial charge in [0.2, 0.25) is 0 Å². The maximum Gasteiger partial charge on any atom is 0.198 e. The van der Waals surface area contributed by atoms with Crippen LogP contribution < -0.4 is 10.6 Å². The van der Waals surface area contributed by atoms with Crippen LogP contribution in [0.25, 0.3) is 0 Å². The summed E-state index contributed by atoms with van der Waals surface area (Å²) in [5.41, 5.74) is 0. The van der Waals surface area contributed by atoms with E-state index in [1.807, 2.05) is 0 Å². The van der Waals surface area contributed by atoms with Crippen LogP contribution in [0.2, 0.25) is 0 Å². The first kappa shape index (κ1) is 5.65. The van der Waals surface area contributed by atoms with Gasteiger partial charge in [0.05, 0.1) is 0 Å². The molecule has 0 saturated carbocycles. The first-order valence-corrected chi connectivity index (χ1v) is 2.83. The Morgan fingerprint density at radius 3 is 2.62 bits per heavy atom. The number of nitrogens with zero attached hydrogens (tertiary/aromatic N) is 1. The molecule has 0 aliphatic carbocycles. The molecule has 0 aromatic carbocycles. The van der Waals surface area contributed by atoms with Crippen molar-refractivity contribution in [3.05, 3.63) is 12.3 Å². The molecule has 1 aliphatic rings. The van der Waals surface area contributed by atoms with E-state index in [9.17, 15) is 0 Å². The van der Waals surface area contributed by atoms with Crippen LogP contribution in [0.3, 0.4) is 0 Å². The topological polar surface area (TPSA) is 26.1 Å². The lowest BCUT2D eigenvalue weighted by atomic mass is 10.5. The Kier molecular flexibility index (Phi) is 1.55. The summed E-state index contributed by atoms with van der Waals surface area (Å²) in [4.78, 5) is 0.536. The minimum absolute atomic E-state index is 0.442. The summed E-state index contributed by atoms with van der Waals surface area (Å²) in [6, 6.07) is 0. The van der Waals surface area contributed by atoms with Gasteiger partial charge in [-0.25, -0.2) is 5.32 Å². The number of nitrogens with one attached hydrogen (secondary N) is 1. The van der Waals surface area contributed by atoms with Crippen LogP contribution in [0.1, 0.15) is 0 Å². The van der Waals surface area contributed by atoms with Crippen molar-refractivity contribution in [1.82, 2.24) is 10.6 Å². The second-order valence-corrected chi connectivity index (χ2v) is 2.04. The highest BCUT2D eigenvalue weighted by atomic mass is 32.1.